The predicted molar refractivity (Wildman–Crippen MR) is 81.6 cm³/mol. The summed E-state index contributed by atoms with van der Waals surface area (Å²) in [5.41, 5.74) is 0. The average molecular weight is 291 g/mol. The van der Waals surface area contributed by atoms with E-state index in [1.165, 1.54) is 77.7 Å². The van der Waals surface area contributed by atoms with E-state index in [-0.39, 0.29) is 0 Å². The van der Waals surface area contributed by atoms with Gasteiger partial charge in [0.1, 0.15) is 6.61 Å². The van der Waals surface area contributed by atoms with Crippen molar-refractivity contribution < 1.29 is 13.6 Å². The fourth-order valence-corrected chi connectivity index (χ4v) is 2.52. The van der Waals surface area contributed by atoms with E-state index in [9.17, 15) is 4.57 Å². The van der Waals surface area contributed by atoms with E-state index >= 15 is 0 Å². The number of hydrogen-bond acceptors (Lipinski definition) is 3. The maximum absolute atomic E-state index is 10.8. The summed E-state index contributed by atoms with van der Waals surface area (Å²) >= 11 is 0. The van der Waals surface area contributed by atoms with E-state index in [1.807, 2.05) is 0 Å². The number of unbranched alkanes of at least 4 members (excludes halogenated alkanes) is 11. The Morgan fingerprint density at radius 2 is 1.16 bits per heavy atom. The van der Waals surface area contributed by atoms with Crippen LogP contribution < -0.4 is 0 Å². The van der Waals surface area contributed by atoms with Crippen LogP contribution in [0.2, 0.25) is 0 Å². The molecule has 19 heavy (non-hydrogen) atoms. The molecule has 0 aliphatic carbocycles. The molecule has 0 fully saturated rings. The second-order valence-electron chi connectivity index (χ2n) is 5.13. The summed E-state index contributed by atoms with van der Waals surface area (Å²) in [6.45, 7) is 2.82. The quantitative estimate of drug-likeness (QED) is 0.274. The molecule has 0 aromatic rings. The number of hydrogen-bond donors (Lipinski definition) is 0. The van der Waals surface area contributed by atoms with Gasteiger partial charge in [0.15, 0.2) is 0 Å². The smallest absolute Gasteiger partial charge is 0.122 e. The SMILES string of the molecule is CCCCCCCCCCCCCCO[P+](=O)OC. The third-order valence-corrected chi connectivity index (χ3v) is 4.04. The Morgan fingerprint density at radius 3 is 1.58 bits per heavy atom. The van der Waals surface area contributed by atoms with Crippen LogP contribution in [0.25, 0.3) is 0 Å². The summed E-state index contributed by atoms with van der Waals surface area (Å²) in [7, 11) is -0.464. The van der Waals surface area contributed by atoms with Crippen LogP contribution in [0.5, 0.6) is 0 Å². The van der Waals surface area contributed by atoms with E-state index in [2.05, 4.69) is 11.4 Å². The van der Waals surface area contributed by atoms with Gasteiger partial charge in [-0.3, -0.25) is 0 Å². The molecule has 0 bridgehead atoms. The van der Waals surface area contributed by atoms with Gasteiger partial charge < -0.3 is 0 Å². The molecule has 0 saturated heterocycles. The lowest BCUT2D eigenvalue weighted by Gasteiger charge is -2.01. The average Bonchev–Trinajstić information content (AvgIpc) is 2.43. The third-order valence-electron chi connectivity index (χ3n) is 3.34. The maximum Gasteiger partial charge on any atom is 0.697 e. The van der Waals surface area contributed by atoms with Gasteiger partial charge in [0, 0.05) is 4.57 Å². The van der Waals surface area contributed by atoms with Crippen LogP contribution in [-0.4, -0.2) is 13.7 Å². The molecule has 114 valence electrons. The third kappa shape index (κ3) is 16.0. The zero-order valence-electron chi connectivity index (χ0n) is 12.9. The van der Waals surface area contributed by atoms with E-state index in [0.717, 1.165) is 6.42 Å². The molecule has 0 amide bonds. The van der Waals surface area contributed by atoms with Gasteiger partial charge >= 0.3 is 8.25 Å². The molecule has 0 rings (SSSR count). The van der Waals surface area contributed by atoms with Gasteiger partial charge in [0.05, 0.1) is 7.11 Å². The highest BCUT2D eigenvalue weighted by atomic mass is 31.1. The van der Waals surface area contributed by atoms with Crippen molar-refractivity contribution in [3.8, 4) is 0 Å². The lowest BCUT2D eigenvalue weighted by molar-refractivity contribution is 0.250. The van der Waals surface area contributed by atoms with E-state index in [4.69, 9.17) is 4.52 Å². The van der Waals surface area contributed by atoms with Crippen molar-refractivity contribution in [2.45, 2.75) is 84.0 Å². The van der Waals surface area contributed by atoms with Crippen molar-refractivity contribution in [3.63, 3.8) is 0 Å². The molecule has 0 spiro atoms. The standard InChI is InChI=1S/C15H32O3P/c1-3-4-5-6-7-8-9-10-11-12-13-14-15-18-19(16)17-2/h3-15H2,1-2H3/q+1. The Balaban J connectivity index is 2.97. The molecule has 0 aromatic carbocycles. The minimum atomic E-state index is -1.87. The van der Waals surface area contributed by atoms with Crippen molar-refractivity contribution >= 4 is 8.25 Å². The van der Waals surface area contributed by atoms with Crippen molar-refractivity contribution in [1.82, 2.24) is 0 Å². The van der Waals surface area contributed by atoms with Crippen LogP contribution in [0.4, 0.5) is 0 Å². The number of rotatable bonds is 15. The van der Waals surface area contributed by atoms with Gasteiger partial charge in [0.25, 0.3) is 0 Å². The molecule has 0 aromatic heterocycles. The van der Waals surface area contributed by atoms with Crippen molar-refractivity contribution in [1.29, 1.82) is 0 Å². The first-order chi connectivity index (χ1) is 9.31. The zero-order valence-corrected chi connectivity index (χ0v) is 13.8. The molecule has 0 saturated carbocycles. The summed E-state index contributed by atoms with van der Waals surface area (Å²) in [4.78, 5) is 0. The summed E-state index contributed by atoms with van der Waals surface area (Å²) in [6.07, 6.45) is 15.9. The molecule has 3 nitrogen and oxygen atoms in total. The molecule has 0 heterocycles. The summed E-state index contributed by atoms with van der Waals surface area (Å²) in [5.74, 6) is 0. The Bertz CT molecular complexity index is 198. The van der Waals surface area contributed by atoms with Crippen molar-refractivity contribution in [3.05, 3.63) is 0 Å². The lowest BCUT2D eigenvalue weighted by Crippen LogP contribution is -1.88. The van der Waals surface area contributed by atoms with Gasteiger partial charge in [-0.2, -0.15) is 0 Å². The predicted octanol–water partition coefficient (Wildman–Crippen LogP) is 6.01. The maximum atomic E-state index is 10.8. The van der Waals surface area contributed by atoms with Crippen molar-refractivity contribution in [2.75, 3.05) is 13.7 Å². The van der Waals surface area contributed by atoms with Crippen LogP contribution in [-0.2, 0) is 13.6 Å². The highest BCUT2D eigenvalue weighted by molar-refractivity contribution is 7.33. The minimum absolute atomic E-state index is 0.556. The normalized spacial score (nSPS) is 11.8. The Hall–Kier alpha value is 0.0200. The minimum Gasteiger partial charge on any atom is -0.122 e. The molecule has 1 atom stereocenters. The van der Waals surface area contributed by atoms with Gasteiger partial charge in [-0.15, -0.1) is 9.05 Å². The Labute approximate surface area is 120 Å². The summed E-state index contributed by atoms with van der Waals surface area (Å²) < 4.78 is 20.3. The molecule has 0 aliphatic rings. The van der Waals surface area contributed by atoms with Crippen LogP contribution in [0, 0.1) is 0 Å². The highest BCUT2D eigenvalue weighted by Crippen LogP contribution is 2.22. The van der Waals surface area contributed by atoms with Gasteiger partial charge in [0.2, 0.25) is 0 Å². The lowest BCUT2D eigenvalue weighted by atomic mass is 10.1. The Kier molecular flexibility index (Phi) is 16.1. The van der Waals surface area contributed by atoms with Gasteiger partial charge in [-0.1, -0.05) is 77.6 Å². The topological polar surface area (TPSA) is 35.5 Å². The molecule has 0 radical (unpaired) electrons. The first-order valence-corrected chi connectivity index (χ1v) is 9.05. The van der Waals surface area contributed by atoms with E-state index in [1.54, 1.807) is 0 Å². The fraction of sp³-hybridized carbons (Fsp3) is 1.00. The second kappa shape index (κ2) is 16.1. The fourth-order valence-electron chi connectivity index (χ4n) is 2.13. The van der Waals surface area contributed by atoms with E-state index in [0.29, 0.717) is 6.61 Å². The molecule has 0 aliphatic heterocycles. The van der Waals surface area contributed by atoms with Crippen LogP contribution in [0.1, 0.15) is 84.0 Å². The van der Waals surface area contributed by atoms with Gasteiger partial charge in [-0.05, 0) is 6.42 Å². The zero-order chi connectivity index (χ0) is 14.2. The highest BCUT2D eigenvalue weighted by Gasteiger charge is 2.15. The summed E-state index contributed by atoms with van der Waals surface area (Å²) in [6, 6.07) is 0. The monoisotopic (exact) mass is 291 g/mol. The van der Waals surface area contributed by atoms with Crippen LogP contribution in [0.15, 0.2) is 0 Å². The first-order valence-electron chi connectivity index (χ1n) is 7.95. The molecule has 1 unspecified atom stereocenters. The molecular weight excluding hydrogens is 259 g/mol. The van der Waals surface area contributed by atoms with E-state index < -0.39 is 8.25 Å². The molecule has 0 N–H and O–H groups in total. The first kappa shape index (κ1) is 19.0. The molecular formula is C15H32O3P+. The molecule has 4 heteroatoms. The van der Waals surface area contributed by atoms with Crippen LogP contribution >= 0.6 is 8.25 Å². The van der Waals surface area contributed by atoms with Gasteiger partial charge in [-0.25, -0.2) is 0 Å². The Morgan fingerprint density at radius 1 is 0.737 bits per heavy atom. The van der Waals surface area contributed by atoms with Crippen molar-refractivity contribution in [2.24, 2.45) is 0 Å². The summed E-state index contributed by atoms with van der Waals surface area (Å²) in [5, 5.41) is 0. The van der Waals surface area contributed by atoms with Crippen LogP contribution in [0.3, 0.4) is 0 Å². The second-order valence-corrected chi connectivity index (χ2v) is 6.20. The largest absolute Gasteiger partial charge is 0.697 e.